The van der Waals surface area contributed by atoms with Crippen molar-refractivity contribution in [2.24, 2.45) is 5.92 Å². The third kappa shape index (κ3) is 3.02. The summed E-state index contributed by atoms with van der Waals surface area (Å²) >= 11 is 0. The number of anilines is 1. The van der Waals surface area contributed by atoms with Crippen LogP contribution in [0.3, 0.4) is 0 Å². The molecule has 1 aliphatic carbocycles. The minimum absolute atomic E-state index is 0.0662. The molecule has 2 N–H and O–H groups in total. The summed E-state index contributed by atoms with van der Waals surface area (Å²) in [6.07, 6.45) is 4.34. The summed E-state index contributed by atoms with van der Waals surface area (Å²) in [4.78, 5) is 23.0. The summed E-state index contributed by atoms with van der Waals surface area (Å²) in [5.41, 5.74) is 1.46. The summed E-state index contributed by atoms with van der Waals surface area (Å²) in [5.74, 6) is -0.757. The minimum atomic E-state index is -0.982. The molecular weight excluding hydrogens is 242 g/mol. The number of carbonyl (C=O) groups excluding carboxylic acids is 1. The second-order valence-corrected chi connectivity index (χ2v) is 4.82. The Kier molecular flexibility index (Phi) is 4.00. The van der Waals surface area contributed by atoms with Crippen molar-refractivity contribution in [2.75, 3.05) is 5.32 Å². The fourth-order valence-electron chi connectivity index (χ4n) is 2.27. The van der Waals surface area contributed by atoms with Gasteiger partial charge in [-0.1, -0.05) is 19.1 Å². The number of rotatable bonds is 3. The molecule has 2 rings (SSSR count). The maximum atomic E-state index is 11.9. The lowest BCUT2D eigenvalue weighted by atomic mass is 9.86. The Hall–Kier alpha value is -2.10. The standard InChI is InChI=1S/C15H17NO3/c1-10-5-4-6-11(14(10)17)9-16-13-8-3-2-7-12(13)15(18)19/h2-3,7-10,16H,4-6H2,1H3,(H,18,19)/b11-9+/t10-/m0/s1. The molecule has 4 nitrogen and oxygen atoms in total. The summed E-state index contributed by atoms with van der Waals surface area (Å²) in [6, 6.07) is 6.67. The van der Waals surface area contributed by atoms with Crippen LogP contribution >= 0.6 is 0 Å². The molecule has 19 heavy (non-hydrogen) atoms. The molecule has 1 aromatic rings. The van der Waals surface area contributed by atoms with Gasteiger partial charge in [-0.15, -0.1) is 0 Å². The van der Waals surface area contributed by atoms with Gasteiger partial charge in [-0.3, -0.25) is 4.79 Å². The number of ketones is 1. The lowest BCUT2D eigenvalue weighted by molar-refractivity contribution is -0.119. The number of para-hydroxylation sites is 1. The van der Waals surface area contributed by atoms with Gasteiger partial charge in [0, 0.05) is 17.7 Å². The fourth-order valence-corrected chi connectivity index (χ4v) is 2.27. The SMILES string of the molecule is C[C@H]1CCC/C(=C\Nc2ccccc2C(=O)O)C1=O. The Morgan fingerprint density at radius 1 is 1.42 bits per heavy atom. The number of carbonyl (C=O) groups is 2. The number of carboxylic acids is 1. The molecule has 1 aliphatic rings. The number of hydrogen-bond donors (Lipinski definition) is 2. The number of hydrogen-bond acceptors (Lipinski definition) is 3. The van der Waals surface area contributed by atoms with E-state index in [1.165, 1.54) is 6.07 Å². The van der Waals surface area contributed by atoms with Crippen LogP contribution in [0.4, 0.5) is 5.69 Å². The van der Waals surface area contributed by atoms with Crippen molar-refractivity contribution in [3.05, 3.63) is 41.6 Å². The monoisotopic (exact) mass is 259 g/mol. The van der Waals surface area contributed by atoms with E-state index in [0.29, 0.717) is 5.69 Å². The van der Waals surface area contributed by atoms with Gasteiger partial charge in [-0.2, -0.15) is 0 Å². The lowest BCUT2D eigenvalue weighted by Gasteiger charge is -2.19. The molecule has 0 unspecified atom stereocenters. The van der Waals surface area contributed by atoms with Gasteiger partial charge in [0.1, 0.15) is 0 Å². The first kappa shape index (κ1) is 13.3. The van der Waals surface area contributed by atoms with Crippen LogP contribution in [0.25, 0.3) is 0 Å². The largest absolute Gasteiger partial charge is 0.478 e. The zero-order valence-electron chi connectivity index (χ0n) is 10.8. The molecule has 1 aromatic carbocycles. The van der Waals surface area contributed by atoms with Gasteiger partial charge < -0.3 is 10.4 Å². The van der Waals surface area contributed by atoms with E-state index in [-0.39, 0.29) is 17.3 Å². The summed E-state index contributed by atoms with van der Waals surface area (Å²) < 4.78 is 0. The molecule has 100 valence electrons. The molecule has 4 heteroatoms. The third-order valence-corrected chi connectivity index (χ3v) is 3.41. The second-order valence-electron chi connectivity index (χ2n) is 4.82. The van der Waals surface area contributed by atoms with E-state index in [4.69, 9.17) is 5.11 Å². The number of Topliss-reactive ketones (excluding diaryl/α,β-unsaturated/α-hetero) is 1. The third-order valence-electron chi connectivity index (χ3n) is 3.41. The molecular formula is C15H17NO3. The van der Waals surface area contributed by atoms with E-state index in [0.717, 1.165) is 24.8 Å². The van der Waals surface area contributed by atoms with Crippen molar-refractivity contribution < 1.29 is 14.7 Å². The van der Waals surface area contributed by atoms with Crippen LogP contribution in [-0.4, -0.2) is 16.9 Å². The molecule has 0 heterocycles. The average Bonchev–Trinajstić information content (AvgIpc) is 2.40. The van der Waals surface area contributed by atoms with Gasteiger partial charge >= 0.3 is 5.97 Å². The maximum absolute atomic E-state index is 11.9. The number of nitrogens with one attached hydrogen (secondary N) is 1. The van der Waals surface area contributed by atoms with Gasteiger partial charge in [0.2, 0.25) is 0 Å². The molecule has 1 atom stereocenters. The summed E-state index contributed by atoms with van der Waals surface area (Å²) in [6.45, 7) is 1.93. The van der Waals surface area contributed by atoms with E-state index < -0.39 is 5.97 Å². The van der Waals surface area contributed by atoms with Crippen molar-refractivity contribution in [1.29, 1.82) is 0 Å². The van der Waals surface area contributed by atoms with Crippen LogP contribution in [0.15, 0.2) is 36.0 Å². The van der Waals surface area contributed by atoms with Crippen LogP contribution < -0.4 is 5.32 Å². The topological polar surface area (TPSA) is 66.4 Å². The first-order valence-electron chi connectivity index (χ1n) is 6.41. The van der Waals surface area contributed by atoms with E-state index in [9.17, 15) is 9.59 Å². The first-order valence-corrected chi connectivity index (χ1v) is 6.41. The molecule has 0 amide bonds. The van der Waals surface area contributed by atoms with E-state index in [1.807, 2.05) is 6.92 Å². The van der Waals surface area contributed by atoms with Gasteiger partial charge in [0.05, 0.1) is 11.3 Å². The van der Waals surface area contributed by atoms with E-state index in [2.05, 4.69) is 5.32 Å². The number of benzene rings is 1. The van der Waals surface area contributed by atoms with Crippen molar-refractivity contribution >= 4 is 17.4 Å². The molecule has 0 saturated heterocycles. The van der Waals surface area contributed by atoms with Crippen molar-refractivity contribution in [1.82, 2.24) is 0 Å². The molecule has 0 spiro atoms. The number of carboxylic acid groups (broad SMARTS) is 1. The highest BCUT2D eigenvalue weighted by atomic mass is 16.4. The van der Waals surface area contributed by atoms with Crippen LogP contribution in [0.5, 0.6) is 0 Å². The summed E-state index contributed by atoms with van der Waals surface area (Å²) in [7, 11) is 0. The van der Waals surface area contributed by atoms with Crippen LogP contribution in [0.1, 0.15) is 36.5 Å². The van der Waals surface area contributed by atoms with Crippen molar-refractivity contribution in [3.63, 3.8) is 0 Å². The molecule has 0 radical (unpaired) electrons. The van der Waals surface area contributed by atoms with Gasteiger partial charge in [0.15, 0.2) is 5.78 Å². The minimum Gasteiger partial charge on any atom is -0.478 e. The molecule has 1 fully saturated rings. The Morgan fingerprint density at radius 2 is 2.16 bits per heavy atom. The Labute approximate surface area is 112 Å². The van der Waals surface area contributed by atoms with Crippen LogP contribution in [0.2, 0.25) is 0 Å². The number of aromatic carboxylic acids is 1. The van der Waals surface area contributed by atoms with E-state index in [1.54, 1.807) is 24.4 Å². The Morgan fingerprint density at radius 3 is 2.89 bits per heavy atom. The predicted octanol–water partition coefficient (Wildman–Crippen LogP) is 3.07. The smallest absolute Gasteiger partial charge is 0.337 e. The number of allylic oxidation sites excluding steroid dienone is 1. The normalized spacial score (nSPS) is 21.4. The van der Waals surface area contributed by atoms with Crippen molar-refractivity contribution in [2.45, 2.75) is 26.2 Å². The highest BCUT2D eigenvalue weighted by Crippen LogP contribution is 2.25. The Bertz CT molecular complexity index is 534. The van der Waals surface area contributed by atoms with Crippen LogP contribution in [-0.2, 0) is 4.79 Å². The van der Waals surface area contributed by atoms with Gasteiger partial charge in [0.25, 0.3) is 0 Å². The zero-order chi connectivity index (χ0) is 13.8. The molecule has 0 aromatic heterocycles. The van der Waals surface area contributed by atoms with Crippen molar-refractivity contribution in [3.8, 4) is 0 Å². The maximum Gasteiger partial charge on any atom is 0.337 e. The molecule has 1 saturated carbocycles. The van der Waals surface area contributed by atoms with E-state index >= 15 is 0 Å². The summed E-state index contributed by atoms with van der Waals surface area (Å²) in [5, 5.41) is 12.0. The molecule has 0 aliphatic heterocycles. The fraction of sp³-hybridized carbons (Fsp3) is 0.333. The van der Waals surface area contributed by atoms with Gasteiger partial charge in [-0.05, 0) is 31.4 Å². The highest BCUT2D eigenvalue weighted by molar-refractivity contribution is 5.98. The molecule has 0 bridgehead atoms. The lowest BCUT2D eigenvalue weighted by Crippen LogP contribution is -2.19. The quantitative estimate of drug-likeness (QED) is 0.819. The highest BCUT2D eigenvalue weighted by Gasteiger charge is 2.22. The van der Waals surface area contributed by atoms with Crippen LogP contribution in [0, 0.1) is 5.92 Å². The predicted molar refractivity (Wildman–Crippen MR) is 73.1 cm³/mol. The average molecular weight is 259 g/mol. The Balaban J connectivity index is 2.18. The van der Waals surface area contributed by atoms with Gasteiger partial charge in [-0.25, -0.2) is 4.79 Å². The second kappa shape index (κ2) is 5.69. The first-order chi connectivity index (χ1) is 9.09. The zero-order valence-corrected chi connectivity index (χ0v) is 10.8.